The van der Waals surface area contributed by atoms with Crippen LogP contribution in [0.2, 0.25) is 6.04 Å². The van der Waals surface area contributed by atoms with Gasteiger partial charge in [0, 0.05) is 18.8 Å². The molecule has 39 valence electrons. The first kappa shape index (κ1) is 7.43. The van der Waals surface area contributed by atoms with E-state index in [1.165, 1.54) is 25.3 Å². The van der Waals surface area contributed by atoms with Gasteiger partial charge in [-0.25, -0.2) is 0 Å². The zero-order chi connectivity index (χ0) is 5.54. The molecule has 0 saturated carbocycles. The largest absolute Gasteiger partial charge is 0.0654 e. The Hall–Kier alpha value is 0.434. The maximum Gasteiger partial charge on any atom is 0.0180 e. The molecule has 0 aliphatic carbocycles. The lowest BCUT2D eigenvalue weighted by Gasteiger charge is -1.89. The van der Waals surface area contributed by atoms with Crippen molar-refractivity contribution in [2.24, 2.45) is 0 Å². The Bertz CT molecular complexity index is 25.3. The van der Waals surface area contributed by atoms with Gasteiger partial charge in [-0.1, -0.05) is 32.2 Å². The highest BCUT2D eigenvalue weighted by molar-refractivity contribution is 6.89. The van der Waals surface area contributed by atoms with Gasteiger partial charge >= 0.3 is 0 Å². The van der Waals surface area contributed by atoms with Crippen LogP contribution >= 0.6 is 0 Å². The van der Waals surface area contributed by atoms with Crippen LogP contribution in [0.1, 0.15) is 26.2 Å². The van der Waals surface area contributed by atoms with Gasteiger partial charge in [0.05, 0.1) is 0 Å². The summed E-state index contributed by atoms with van der Waals surface area (Å²) in [6.07, 6.45) is 4.15. The summed E-state index contributed by atoms with van der Waals surface area (Å²) in [4.78, 5) is 0. The Morgan fingerprint density at radius 2 is 2.14 bits per heavy atom. The Morgan fingerprint density at radius 3 is 2.57 bits per heavy atom. The van der Waals surface area contributed by atoms with E-state index in [9.17, 15) is 0 Å². The molecule has 0 fully saturated rings. The van der Waals surface area contributed by atoms with Crippen LogP contribution in [-0.4, -0.2) is 18.8 Å². The van der Waals surface area contributed by atoms with E-state index < -0.39 is 0 Å². The maximum absolute atomic E-state index is 3.45. The van der Waals surface area contributed by atoms with Gasteiger partial charge < -0.3 is 0 Å². The molecular formula is C5H11Si2. The lowest BCUT2D eigenvalue weighted by Crippen LogP contribution is -1.85. The minimum atomic E-state index is 0.973. The van der Waals surface area contributed by atoms with Crippen molar-refractivity contribution in [3.63, 3.8) is 0 Å². The molecule has 0 aromatic carbocycles. The summed E-state index contributed by atoms with van der Waals surface area (Å²) in [7, 11) is 4.42. The summed E-state index contributed by atoms with van der Waals surface area (Å²) in [6, 6.07) is 1.37. The third-order valence-electron chi connectivity index (χ3n) is 0.905. The van der Waals surface area contributed by atoms with Crippen molar-refractivity contribution in [3.05, 3.63) is 0 Å². The fourth-order valence-corrected chi connectivity index (χ4v) is 1.42. The predicted molar refractivity (Wildman–Crippen MR) is 35.8 cm³/mol. The molecule has 0 aromatic rings. The topological polar surface area (TPSA) is 0 Å². The van der Waals surface area contributed by atoms with Gasteiger partial charge in [-0.2, -0.15) is 0 Å². The van der Waals surface area contributed by atoms with E-state index in [1.54, 1.807) is 0 Å². The minimum absolute atomic E-state index is 0.973. The fourth-order valence-electron chi connectivity index (χ4n) is 0.463. The molecule has 0 amide bonds. The molecule has 0 atom stereocenters. The molecule has 0 spiro atoms. The first-order chi connectivity index (χ1) is 3.41. The summed E-state index contributed by atoms with van der Waals surface area (Å²) >= 11 is 0. The fraction of sp³-hybridized carbons (Fsp3) is 1.00. The Morgan fingerprint density at radius 1 is 1.43 bits per heavy atom. The van der Waals surface area contributed by atoms with Crippen molar-refractivity contribution in [2.75, 3.05) is 0 Å². The Balaban J connectivity index is 2.45. The van der Waals surface area contributed by atoms with Crippen LogP contribution in [0.25, 0.3) is 0 Å². The summed E-state index contributed by atoms with van der Waals surface area (Å²) < 4.78 is 0. The molecule has 0 nitrogen and oxygen atoms in total. The van der Waals surface area contributed by atoms with Crippen LogP contribution in [0.15, 0.2) is 0 Å². The summed E-state index contributed by atoms with van der Waals surface area (Å²) in [5.41, 5.74) is 0. The lowest BCUT2D eigenvalue weighted by atomic mass is 10.3. The Labute approximate surface area is 51.7 Å². The quantitative estimate of drug-likeness (QED) is 0.395. The molecule has 0 aliphatic rings. The van der Waals surface area contributed by atoms with E-state index in [0.717, 1.165) is 9.04 Å². The molecule has 0 aromatic heterocycles. The number of hydrogen-bond donors (Lipinski definition) is 0. The average molecular weight is 127 g/mol. The molecule has 0 N–H and O–H groups in total. The zero-order valence-electron chi connectivity index (χ0n) is 4.83. The van der Waals surface area contributed by atoms with Crippen molar-refractivity contribution < 1.29 is 0 Å². The number of rotatable bonds is 4. The number of hydrogen-bond acceptors (Lipinski definition) is 0. The van der Waals surface area contributed by atoms with Crippen LogP contribution in [0.4, 0.5) is 0 Å². The summed E-state index contributed by atoms with van der Waals surface area (Å²) in [5.74, 6) is 0. The zero-order valence-corrected chi connectivity index (χ0v) is 6.83. The van der Waals surface area contributed by atoms with Crippen molar-refractivity contribution in [2.45, 2.75) is 32.2 Å². The van der Waals surface area contributed by atoms with Crippen LogP contribution in [0.3, 0.4) is 0 Å². The Kier molecular flexibility index (Phi) is 6.83. The second kappa shape index (κ2) is 6.43. The van der Waals surface area contributed by atoms with Crippen LogP contribution in [0.5, 0.6) is 0 Å². The highest BCUT2D eigenvalue weighted by Crippen LogP contribution is 1.96. The third kappa shape index (κ3) is 6.43. The normalized spacial score (nSPS) is 9.43. The van der Waals surface area contributed by atoms with Crippen molar-refractivity contribution >= 4 is 18.8 Å². The number of unbranched alkanes of at least 4 members (excludes halogenated alkanes) is 2. The molecule has 7 heavy (non-hydrogen) atoms. The lowest BCUT2D eigenvalue weighted by molar-refractivity contribution is 0.770. The molecule has 2 heteroatoms. The van der Waals surface area contributed by atoms with E-state index in [-0.39, 0.29) is 0 Å². The van der Waals surface area contributed by atoms with Gasteiger partial charge in [0.1, 0.15) is 0 Å². The monoisotopic (exact) mass is 127 g/mol. The molecule has 5 radical (unpaired) electrons. The highest BCUT2D eigenvalue weighted by atomic mass is 29.1. The molecule has 0 heterocycles. The molecule has 0 unspecified atom stereocenters. The first-order valence-electron chi connectivity index (χ1n) is 2.81. The third-order valence-corrected chi connectivity index (χ3v) is 2.26. The molecule has 0 saturated heterocycles. The van der Waals surface area contributed by atoms with Crippen molar-refractivity contribution in [1.82, 2.24) is 0 Å². The minimum Gasteiger partial charge on any atom is -0.0654 e. The smallest absolute Gasteiger partial charge is 0.0180 e. The van der Waals surface area contributed by atoms with Crippen molar-refractivity contribution in [3.8, 4) is 0 Å². The van der Waals surface area contributed by atoms with Gasteiger partial charge in [0.15, 0.2) is 0 Å². The van der Waals surface area contributed by atoms with Crippen LogP contribution in [0, 0.1) is 0 Å². The van der Waals surface area contributed by atoms with E-state index in [2.05, 4.69) is 16.7 Å². The van der Waals surface area contributed by atoms with Crippen LogP contribution < -0.4 is 0 Å². The standard InChI is InChI=1S/C5H11Si2/c1-2-3-4-5-7-6/h2-5H2,1H3. The van der Waals surface area contributed by atoms with E-state index in [4.69, 9.17) is 0 Å². The molecular weight excluding hydrogens is 116 g/mol. The second-order valence-electron chi connectivity index (χ2n) is 1.63. The predicted octanol–water partition coefficient (Wildman–Crippen LogP) is 1.38. The second-order valence-corrected chi connectivity index (χ2v) is 3.55. The van der Waals surface area contributed by atoms with Gasteiger partial charge in [-0.05, 0) is 0 Å². The first-order valence-corrected chi connectivity index (χ1v) is 5.52. The average Bonchev–Trinajstić information content (AvgIpc) is 1.69. The van der Waals surface area contributed by atoms with Gasteiger partial charge in [-0.3, -0.25) is 0 Å². The molecule has 0 bridgehead atoms. The summed E-state index contributed by atoms with van der Waals surface area (Å²) in [6.45, 7) is 2.23. The van der Waals surface area contributed by atoms with Crippen LogP contribution in [-0.2, 0) is 0 Å². The van der Waals surface area contributed by atoms with Gasteiger partial charge in [0.2, 0.25) is 0 Å². The summed E-state index contributed by atoms with van der Waals surface area (Å²) in [5, 5.41) is 0. The SMILES string of the molecule is CCCCC[Si][Si]. The van der Waals surface area contributed by atoms with E-state index in [0.29, 0.717) is 0 Å². The van der Waals surface area contributed by atoms with Gasteiger partial charge in [-0.15, -0.1) is 0 Å². The maximum atomic E-state index is 3.45. The highest BCUT2D eigenvalue weighted by Gasteiger charge is 1.81. The van der Waals surface area contributed by atoms with Gasteiger partial charge in [0.25, 0.3) is 0 Å². The van der Waals surface area contributed by atoms with E-state index in [1.807, 2.05) is 0 Å². The van der Waals surface area contributed by atoms with Crippen molar-refractivity contribution in [1.29, 1.82) is 0 Å². The molecule has 0 rings (SSSR count). The molecule has 0 aliphatic heterocycles. The van der Waals surface area contributed by atoms with E-state index >= 15 is 0 Å².